The Hall–Kier alpha value is -3.27. The number of carbonyl (C=O) groups is 1. The van der Waals surface area contributed by atoms with Crippen LogP contribution in [0.2, 0.25) is 0 Å². The molecule has 0 saturated heterocycles. The number of anilines is 1. The van der Waals surface area contributed by atoms with Crippen molar-refractivity contribution in [3.63, 3.8) is 0 Å². The lowest BCUT2D eigenvalue weighted by Crippen LogP contribution is -2.09. The van der Waals surface area contributed by atoms with Crippen molar-refractivity contribution in [1.29, 1.82) is 0 Å². The van der Waals surface area contributed by atoms with E-state index in [-0.39, 0.29) is 18.1 Å². The Kier molecular flexibility index (Phi) is 6.78. The molecule has 2 heterocycles. The van der Waals surface area contributed by atoms with Gasteiger partial charge in [-0.1, -0.05) is 0 Å². The molecule has 0 unspecified atom stereocenters. The van der Waals surface area contributed by atoms with E-state index in [9.17, 15) is 4.79 Å². The predicted molar refractivity (Wildman–Crippen MR) is 113 cm³/mol. The van der Waals surface area contributed by atoms with Gasteiger partial charge < -0.3 is 24.3 Å². The number of nitrogens with one attached hydrogen (secondary N) is 1. The highest BCUT2D eigenvalue weighted by atomic mass is 32.1. The number of hydrogen-bond acceptors (Lipinski definition) is 9. The van der Waals surface area contributed by atoms with Crippen LogP contribution in [0.4, 0.5) is 5.00 Å². The van der Waals surface area contributed by atoms with Crippen LogP contribution in [0.25, 0.3) is 0 Å². The standard InChI is InChI=1S/C20H24N4O5S/c1-12-8-14(22-24(12)2)11-29-18-17(20(25)28-5)19(30-23-18)21-10-13-6-7-15(26-3)9-16(13)27-4/h6-9,21H,10-11H2,1-5H3. The molecule has 1 N–H and O–H groups in total. The summed E-state index contributed by atoms with van der Waals surface area (Å²) in [6, 6.07) is 7.45. The molecule has 0 radical (unpaired) electrons. The highest BCUT2D eigenvalue weighted by molar-refractivity contribution is 7.10. The fourth-order valence-electron chi connectivity index (χ4n) is 2.80. The number of esters is 1. The van der Waals surface area contributed by atoms with Gasteiger partial charge in [-0.3, -0.25) is 4.68 Å². The lowest BCUT2D eigenvalue weighted by molar-refractivity contribution is 0.0596. The minimum atomic E-state index is -0.528. The lowest BCUT2D eigenvalue weighted by Gasteiger charge is -2.12. The molecule has 0 fully saturated rings. The van der Waals surface area contributed by atoms with Crippen molar-refractivity contribution in [2.75, 3.05) is 26.6 Å². The Morgan fingerprint density at radius 1 is 1.20 bits per heavy atom. The largest absolute Gasteiger partial charge is 0.497 e. The van der Waals surface area contributed by atoms with Crippen molar-refractivity contribution < 1.29 is 23.7 Å². The molecular weight excluding hydrogens is 408 g/mol. The summed E-state index contributed by atoms with van der Waals surface area (Å²) in [5, 5.41) is 8.12. The van der Waals surface area contributed by atoms with E-state index in [0.717, 1.165) is 28.5 Å². The Morgan fingerprint density at radius 3 is 2.63 bits per heavy atom. The first-order valence-electron chi connectivity index (χ1n) is 9.11. The van der Waals surface area contributed by atoms with Crippen LogP contribution < -0.4 is 19.5 Å². The number of aryl methyl sites for hydroxylation is 2. The predicted octanol–water partition coefficient (Wildman–Crippen LogP) is 3.18. The topological polar surface area (TPSA) is 96.7 Å². The monoisotopic (exact) mass is 432 g/mol. The van der Waals surface area contributed by atoms with Gasteiger partial charge in [0, 0.05) is 30.9 Å². The number of nitrogens with zero attached hydrogens (tertiary/aromatic N) is 3. The smallest absolute Gasteiger partial charge is 0.346 e. The number of methoxy groups -OCH3 is 3. The van der Waals surface area contributed by atoms with Gasteiger partial charge in [0.1, 0.15) is 28.8 Å². The van der Waals surface area contributed by atoms with Gasteiger partial charge in [-0.25, -0.2) is 4.79 Å². The molecule has 0 bridgehead atoms. The Balaban J connectivity index is 1.77. The van der Waals surface area contributed by atoms with Gasteiger partial charge in [-0.2, -0.15) is 9.47 Å². The molecule has 3 aromatic rings. The molecule has 2 aromatic heterocycles. The molecule has 0 aliphatic heterocycles. The molecule has 0 saturated carbocycles. The number of hydrogen-bond donors (Lipinski definition) is 1. The molecular formula is C20H24N4O5S. The average Bonchev–Trinajstić information content (AvgIpc) is 3.32. The van der Waals surface area contributed by atoms with E-state index < -0.39 is 5.97 Å². The Bertz CT molecular complexity index is 1010. The molecule has 10 heteroatoms. The van der Waals surface area contributed by atoms with Crippen molar-refractivity contribution in [3.8, 4) is 17.4 Å². The summed E-state index contributed by atoms with van der Waals surface area (Å²) in [4.78, 5) is 12.4. The highest BCUT2D eigenvalue weighted by Gasteiger charge is 2.24. The summed E-state index contributed by atoms with van der Waals surface area (Å²) >= 11 is 1.13. The van der Waals surface area contributed by atoms with Gasteiger partial charge in [0.05, 0.1) is 21.3 Å². The lowest BCUT2D eigenvalue weighted by atomic mass is 10.2. The van der Waals surface area contributed by atoms with Crippen LogP contribution in [0.1, 0.15) is 27.3 Å². The first kappa shape index (κ1) is 21.4. The quantitative estimate of drug-likeness (QED) is 0.515. The van der Waals surface area contributed by atoms with Gasteiger partial charge in [0.2, 0.25) is 5.88 Å². The number of rotatable bonds is 9. The second kappa shape index (κ2) is 9.49. The molecule has 1 aromatic carbocycles. The molecule has 0 aliphatic rings. The SMILES string of the molecule is COC(=O)c1c(OCc2cc(C)n(C)n2)nsc1NCc1ccc(OC)cc1OC. The first-order valence-corrected chi connectivity index (χ1v) is 9.89. The van der Waals surface area contributed by atoms with E-state index in [1.54, 1.807) is 25.0 Å². The normalized spacial score (nSPS) is 10.6. The third-order valence-corrected chi connectivity index (χ3v) is 5.29. The summed E-state index contributed by atoms with van der Waals surface area (Å²) < 4.78 is 27.4. The summed E-state index contributed by atoms with van der Waals surface area (Å²) in [7, 11) is 6.37. The van der Waals surface area contributed by atoms with Crippen LogP contribution in [0.5, 0.6) is 17.4 Å². The van der Waals surface area contributed by atoms with Gasteiger partial charge in [-0.15, -0.1) is 0 Å². The van der Waals surface area contributed by atoms with Gasteiger partial charge in [0.25, 0.3) is 0 Å². The third-order valence-electron chi connectivity index (χ3n) is 4.51. The van der Waals surface area contributed by atoms with Crippen LogP contribution in [-0.4, -0.2) is 41.5 Å². The molecule has 0 aliphatic carbocycles. The van der Waals surface area contributed by atoms with Gasteiger partial charge in [-0.05, 0) is 36.7 Å². The van der Waals surface area contributed by atoms with Crippen molar-refractivity contribution in [3.05, 3.63) is 46.8 Å². The summed E-state index contributed by atoms with van der Waals surface area (Å²) in [6.45, 7) is 2.56. The Morgan fingerprint density at radius 2 is 2.00 bits per heavy atom. The van der Waals surface area contributed by atoms with Crippen molar-refractivity contribution in [2.24, 2.45) is 7.05 Å². The molecule has 0 spiro atoms. The molecule has 0 atom stereocenters. The summed E-state index contributed by atoms with van der Waals surface area (Å²) in [5.41, 5.74) is 2.91. The van der Waals surface area contributed by atoms with Crippen LogP contribution in [-0.2, 0) is 24.9 Å². The second-order valence-electron chi connectivity index (χ2n) is 6.40. The van der Waals surface area contributed by atoms with Crippen molar-refractivity contribution in [2.45, 2.75) is 20.1 Å². The van der Waals surface area contributed by atoms with Crippen LogP contribution in [0.3, 0.4) is 0 Å². The van der Waals surface area contributed by atoms with E-state index in [2.05, 4.69) is 14.8 Å². The fraction of sp³-hybridized carbons (Fsp3) is 0.350. The first-order chi connectivity index (χ1) is 14.5. The van der Waals surface area contributed by atoms with E-state index in [1.165, 1.54) is 7.11 Å². The molecule has 160 valence electrons. The van der Waals surface area contributed by atoms with E-state index >= 15 is 0 Å². The summed E-state index contributed by atoms with van der Waals surface area (Å²) in [5.74, 6) is 1.05. The second-order valence-corrected chi connectivity index (χ2v) is 7.18. The fourth-order valence-corrected chi connectivity index (χ4v) is 3.51. The molecule has 30 heavy (non-hydrogen) atoms. The molecule has 0 amide bonds. The van der Waals surface area contributed by atoms with Crippen molar-refractivity contribution in [1.82, 2.24) is 14.2 Å². The minimum Gasteiger partial charge on any atom is -0.497 e. The zero-order valence-electron chi connectivity index (χ0n) is 17.5. The Labute approximate surface area is 178 Å². The van der Waals surface area contributed by atoms with Gasteiger partial charge in [0.15, 0.2) is 5.56 Å². The van der Waals surface area contributed by atoms with E-state index in [0.29, 0.717) is 23.0 Å². The number of aromatic nitrogens is 3. The zero-order valence-corrected chi connectivity index (χ0v) is 18.3. The van der Waals surface area contributed by atoms with Crippen LogP contribution in [0.15, 0.2) is 24.3 Å². The zero-order chi connectivity index (χ0) is 21.7. The highest BCUT2D eigenvalue weighted by Crippen LogP contribution is 2.33. The molecule has 3 rings (SSSR count). The van der Waals surface area contributed by atoms with Crippen LogP contribution >= 0.6 is 11.5 Å². The van der Waals surface area contributed by atoms with Crippen LogP contribution in [0, 0.1) is 6.92 Å². The van der Waals surface area contributed by atoms with Crippen molar-refractivity contribution >= 4 is 22.5 Å². The average molecular weight is 433 g/mol. The van der Waals surface area contributed by atoms with E-state index in [1.807, 2.05) is 32.2 Å². The minimum absolute atomic E-state index is 0.196. The maximum atomic E-state index is 12.4. The maximum Gasteiger partial charge on any atom is 0.346 e. The van der Waals surface area contributed by atoms with Gasteiger partial charge >= 0.3 is 5.97 Å². The number of carbonyl (C=O) groups excluding carboxylic acids is 1. The van der Waals surface area contributed by atoms with E-state index in [4.69, 9.17) is 18.9 Å². The maximum absolute atomic E-state index is 12.4. The number of ether oxygens (including phenoxy) is 4. The molecule has 9 nitrogen and oxygen atoms in total. The third kappa shape index (κ3) is 4.65. The number of benzene rings is 1. The summed E-state index contributed by atoms with van der Waals surface area (Å²) in [6.07, 6.45) is 0.